The number of carbonyl (C=O) groups excluding carboxylic acids is 1. The molecule has 134 valence electrons. The molecule has 6 nitrogen and oxygen atoms in total. The van der Waals surface area contributed by atoms with Crippen LogP contribution in [-0.2, 0) is 16.0 Å². The third-order valence-electron chi connectivity index (χ3n) is 3.92. The monoisotopic (exact) mass is 345 g/mol. The van der Waals surface area contributed by atoms with Crippen LogP contribution in [0.25, 0.3) is 0 Å². The van der Waals surface area contributed by atoms with Crippen molar-refractivity contribution in [1.29, 1.82) is 0 Å². The van der Waals surface area contributed by atoms with Gasteiger partial charge in [0.2, 0.25) is 5.88 Å². The van der Waals surface area contributed by atoms with Crippen molar-refractivity contribution < 1.29 is 23.8 Å². The van der Waals surface area contributed by atoms with Gasteiger partial charge in [-0.3, -0.25) is 4.79 Å². The van der Waals surface area contributed by atoms with Crippen LogP contribution >= 0.6 is 0 Å². The number of hydrogen-bond acceptors (Lipinski definition) is 5. The predicted octanol–water partition coefficient (Wildman–Crippen LogP) is 3.37. The average molecular weight is 345 g/mol. The number of esters is 1. The molecule has 1 atom stereocenters. The van der Waals surface area contributed by atoms with Gasteiger partial charge in [-0.2, -0.15) is 0 Å². The molecule has 0 spiro atoms. The normalized spacial score (nSPS) is 11.8. The highest BCUT2D eigenvalue weighted by atomic mass is 16.5. The summed E-state index contributed by atoms with van der Waals surface area (Å²) < 4.78 is 10.4. The van der Waals surface area contributed by atoms with Crippen molar-refractivity contribution in [3.05, 3.63) is 53.8 Å². The molecule has 1 aromatic carbocycles. The highest BCUT2D eigenvalue weighted by Gasteiger charge is 2.25. The zero-order valence-corrected chi connectivity index (χ0v) is 14.5. The summed E-state index contributed by atoms with van der Waals surface area (Å²) in [4.78, 5) is 25.1. The standard InChI is InChI=1S/C19H23NO5/c1-3-24-17(21)13-14(2)20(11-9-15-7-5-4-6-8-15)18-16(19(22)23)10-12-25-18/h4-8,10,12,14H,3,9,11,13H2,1-2H3,(H,22,23). The van der Waals surface area contributed by atoms with Gasteiger partial charge in [0.25, 0.3) is 0 Å². The van der Waals surface area contributed by atoms with E-state index in [2.05, 4.69) is 0 Å². The van der Waals surface area contributed by atoms with E-state index < -0.39 is 5.97 Å². The van der Waals surface area contributed by atoms with Crippen molar-refractivity contribution in [2.45, 2.75) is 32.7 Å². The Hall–Kier alpha value is -2.76. The van der Waals surface area contributed by atoms with E-state index in [4.69, 9.17) is 9.15 Å². The van der Waals surface area contributed by atoms with Gasteiger partial charge in [-0.05, 0) is 31.9 Å². The lowest BCUT2D eigenvalue weighted by atomic mass is 10.1. The minimum Gasteiger partial charge on any atom is -0.477 e. The van der Waals surface area contributed by atoms with E-state index in [9.17, 15) is 14.7 Å². The summed E-state index contributed by atoms with van der Waals surface area (Å²) >= 11 is 0. The van der Waals surface area contributed by atoms with E-state index >= 15 is 0 Å². The zero-order chi connectivity index (χ0) is 18.2. The number of hydrogen-bond donors (Lipinski definition) is 1. The Morgan fingerprint density at radius 1 is 1.24 bits per heavy atom. The van der Waals surface area contributed by atoms with Gasteiger partial charge in [0.05, 0.1) is 19.3 Å². The number of nitrogens with zero attached hydrogens (tertiary/aromatic N) is 1. The molecule has 0 saturated heterocycles. The zero-order valence-electron chi connectivity index (χ0n) is 14.5. The fourth-order valence-corrected chi connectivity index (χ4v) is 2.67. The summed E-state index contributed by atoms with van der Waals surface area (Å²) in [6, 6.07) is 11.0. The summed E-state index contributed by atoms with van der Waals surface area (Å²) in [6.45, 7) is 4.45. The van der Waals surface area contributed by atoms with Gasteiger partial charge in [0.15, 0.2) is 0 Å². The maximum absolute atomic E-state index is 11.8. The molecule has 25 heavy (non-hydrogen) atoms. The van der Waals surface area contributed by atoms with Crippen LogP contribution in [0.15, 0.2) is 47.1 Å². The molecule has 2 aromatic rings. The minimum atomic E-state index is -1.06. The van der Waals surface area contributed by atoms with E-state index in [-0.39, 0.29) is 29.9 Å². The average Bonchev–Trinajstić information content (AvgIpc) is 3.06. The molecule has 1 N–H and O–H groups in total. The van der Waals surface area contributed by atoms with Crippen molar-refractivity contribution >= 4 is 17.8 Å². The lowest BCUT2D eigenvalue weighted by Gasteiger charge is -2.29. The van der Waals surface area contributed by atoms with E-state index in [0.717, 1.165) is 5.56 Å². The lowest BCUT2D eigenvalue weighted by molar-refractivity contribution is -0.143. The van der Waals surface area contributed by atoms with E-state index in [1.54, 1.807) is 6.92 Å². The van der Waals surface area contributed by atoms with Crippen molar-refractivity contribution in [3.8, 4) is 0 Å². The third kappa shape index (κ3) is 5.11. The summed E-state index contributed by atoms with van der Waals surface area (Å²) in [5.41, 5.74) is 1.21. The van der Waals surface area contributed by atoms with Gasteiger partial charge in [-0.25, -0.2) is 4.79 Å². The topological polar surface area (TPSA) is 80.0 Å². The van der Waals surface area contributed by atoms with Gasteiger partial charge < -0.3 is 19.2 Å². The second-order valence-electron chi connectivity index (χ2n) is 5.73. The molecule has 0 bridgehead atoms. The molecule has 0 aliphatic rings. The number of carboxylic acid groups (broad SMARTS) is 1. The number of aromatic carboxylic acids is 1. The first-order chi connectivity index (χ1) is 12.0. The van der Waals surface area contributed by atoms with Crippen molar-refractivity contribution in [2.24, 2.45) is 0 Å². The first-order valence-electron chi connectivity index (χ1n) is 8.30. The molecule has 2 rings (SSSR count). The second-order valence-corrected chi connectivity index (χ2v) is 5.73. The van der Waals surface area contributed by atoms with Crippen molar-refractivity contribution in [3.63, 3.8) is 0 Å². The lowest BCUT2D eigenvalue weighted by Crippen LogP contribution is -2.37. The summed E-state index contributed by atoms with van der Waals surface area (Å²) in [6.07, 6.45) is 2.21. The summed E-state index contributed by atoms with van der Waals surface area (Å²) in [5.74, 6) is -1.11. The van der Waals surface area contributed by atoms with Gasteiger partial charge >= 0.3 is 11.9 Å². The number of carboxylic acids is 1. The molecule has 0 fully saturated rings. The Kier molecular flexibility index (Phi) is 6.62. The maximum atomic E-state index is 11.8. The molecule has 6 heteroatoms. The summed E-state index contributed by atoms with van der Waals surface area (Å²) in [7, 11) is 0. The number of rotatable bonds is 9. The molecule has 1 heterocycles. The number of benzene rings is 1. The maximum Gasteiger partial charge on any atom is 0.341 e. The van der Waals surface area contributed by atoms with Crippen LogP contribution in [0.1, 0.15) is 36.2 Å². The van der Waals surface area contributed by atoms with Crippen molar-refractivity contribution in [1.82, 2.24) is 0 Å². The summed E-state index contributed by atoms with van der Waals surface area (Å²) in [5, 5.41) is 9.36. The largest absolute Gasteiger partial charge is 0.477 e. The van der Waals surface area contributed by atoms with Crippen molar-refractivity contribution in [2.75, 3.05) is 18.1 Å². The Balaban J connectivity index is 2.19. The Morgan fingerprint density at radius 2 is 1.96 bits per heavy atom. The van der Waals surface area contributed by atoms with Crippen LogP contribution in [-0.4, -0.2) is 36.2 Å². The molecule has 0 aliphatic carbocycles. The smallest absolute Gasteiger partial charge is 0.341 e. The van der Waals surface area contributed by atoms with Gasteiger partial charge in [-0.1, -0.05) is 30.3 Å². The highest BCUT2D eigenvalue weighted by Crippen LogP contribution is 2.25. The van der Waals surface area contributed by atoms with Crippen LogP contribution in [0.4, 0.5) is 5.88 Å². The SMILES string of the molecule is CCOC(=O)CC(C)N(CCc1ccccc1)c1occc1C(=O)O. The highest BCUT2D eigenvalue weighted by molar-refractivity contribution is 5.93. The number of carbonyl (C=O) groups is 2. The fraction of sp³-hybridized carbons (Fsp3) is 0.368. The molecule has 1 aromatic heterocycles. The molecule has 1 unspecified atom stereocenters. The quantitative estimate of drug-likeness (QED) is 0.702. The Labute approximate surface area is 147 Å². The predicted molar refractivity (Wildman–Crippen MR) is 93.9 cm³/mol. The molecule has 0 saturated carbocycles. The van der Waals surface area contributed by atoms with Gasteiger partial charge in [0.1, 0.15) is 5.56 Å². The number of furan rings is 1. The van der Waals surface area contributed by atoms with Gasteiger partial charge in [0, 0.05) is 12.6 Å². The number of anilines is 1. The molecular weight excluding hydrogens is 322 g/mol. The third-order valence-corrected chi connectivity index (χ3v) is 3.92. The van der Waals surface area contributed by atoms with Crippen LogP contribution in [0.2, 0.25) is 0 Å². The molecular formula is C19H23NO5. The molecule has 0 aliphatic heterocycles. The van der Waals surface area contributed by atoms with Crippen LogP contribution < -0.4 is 4.90 Å². The van der Waals surface area contributed by atoms with Crippen LogP contribution in [0, 0.1) is 0 Å². The Bertz CT molecular complexity index is 695. The van der Waals surface area contributed by atoms with E-state index in [1.807, 2.05) is 42.2 Å². The first kappa shape index (κ1) is 18.6. The first-order valence-corrected chi connectivity index (χ1v) is 8.30. The molecule has 0 radical (unpaired) electrons. The van der Waals surface area contributed by atoms with E-state index in [0.29, 0.717) is 19.6 Å². The minimum absolute atomic E-state index is 0.0868. The van der Waals surface area contributed by atoms with Crippen LogP contribution in [0.3, 0.4) is 0 Å². The molecule has 0 amide bonds. The second kappa shape index (κ2) is 8.92. The fourth-order valence-electron chi connectivity index (χ4n) is 2.67. The van der Waals surface area contributed by atoms with E-state index in [1.165, 1.54) is 12.3 Å². The van der Waals surface area contributed by atoms with Crippen LogP contribution in [0.5, 0.6) is 0 Å². The Morgan fingerprint density at radius 3 is 2.60 bits per heavy atom. The number of ether oxygens (including phenoxy) is 1. The van der Waals surface area contributed by atoms with Gasteiger partial charge in [-0.15, -0.1) is 0 Å².